The van der Waals surface area contributed by atoms with Crippen LogP contribution >= 0.6 is 12.2 Å². The van der Waals surface area contributed by atoms with Crippen LogP contribution in [0.3, 0.4) is 0 Å². The van der Waals surface area contributed by atoms with Crippen molar-refractivity contribution in [3.05, 3.63) is 0 Å². The Balaban J connectivity index is 1.68. The second-order valence-electron chi connectivity index (χ2n) is 5.87. The molecule has 3 unspecified atom stereocenters. The molecule has 0 aromatic rings. The van der Waals surface area contributed by atoms with Crippen molar-refractivity contribution in [2.75, 3.05) is 6.54 Å². The quantitative estimate of drug-likeness (QED) is 0.761. The third-order valence-electron chi connectivity index (χ3n) is 4.71. The summed E-state index contributed by atoms with van der Waals surface area (Å²) in [6.45, 7) is 0.854. The first kappa shape index (κ1) is 11.5. The minimum Gasteiger partial charge on any atom is -0.392 e. The maximum Gasteiger partial charge on any atom is 0.226 e. The second-order valence-corrected chi connectivity index (χ2v) is 6.34. The van der Waals surface area contributed by atoms with Crippen LogP contribution in [0.5, 0.6) is 0 Å². The van der Waals surface area contributed by atoms with Crippen LogP contribution in [0.1, 0.15) is 38.5 Å². The van der Waals surface area contributed by atoms with E-state index in [9.17, 15) is 4.79 Å². The number of amides is 1. The number of likely N-dealkylation sites (tertiary alicyclic amines) is 1. The Bertz CT molecular complexity index is 347. The van der Waals surface area contributed by atoms with Crippen LogP contribution in [-0.4, -0.2) is 28.4 Å². The minimum absolute atomic E-state index is 0.0307. The number of hydrogen-bond donors (Lipinski definition) is 1. The van der Waals surface area contributed by atoms with Crippen molar-refractivity contribution in [3.8, 4) is 0 Å². The van der Waals surface area contributed by atoms with Crippen molar-refractivity contribution in [1.82, 2.24) is 4.90 Å². The number of rotatable bonds is 2. The van der Waals surface area contributed by atoms with Gasteiger partial charge < -0.3 is 10.6 Å². The number of carbonyl (C=O) groups is 1. The molecule has 4 heteroatoms. The highest BCUT2D eigenvalue weighted by Gasteiger charge is 2.49. The van der Waals surface area contributed by atoms with Crippen LogP contribution in [0.4, 0.5) is 0 Å². The average Bonchev–Trinajstić information content (AvgIpc) is 2.95. The molecule has 1 amide bonds. The molecule has 0 radical (unpaired) electrons. The molecule has 0 aromatic carbocycles. The van der Waals surface area contributed by atoms with Crippen LogP contribution in [0.2, 0.25) is 0 Å². The molecule has 0 spiro atoms. The number of carbonyl (C=O) groups excluding carboxylic acids is 1. The lowest BCUT2D eigenvalue weighted by molar-refractivity contribution is -0.137. The van der Waals surface area contributed by atoms with E-state index >= 15 is 0 Å². The molecular weight excluding hydrogens is 232 g/mol. The highest BCUT2D eigenvalue weighted by atomic mass is 32.1. The standard InChI is InChI=1S/C13H20N2OS/c14-12(17)11-3-1-2-4-15(11)13(16)10-6-8-5-9(8)7-10/h8-11H,1-7H2,(H2,14,17). The Morgan fingerprint density at radius 3 is 2.53 bits per heavy atom. The summed E-state index contributed by atoms with van der Waals surface area (Å²) in [6.07, 6.45) is 6.80. The highest BCUT2D eigenvalue weighted by Crippen LogP contribution is 2.54. The maximum absolute atomic E-state index is 12.5. The largest absolute Gasteiger partial charge is 0.392 e. The van der Waals surface area contributed by atoms with E-state index in [4.69, 9.17) is 18.0 Å². The fraction of sp³-hybridized carbons (Fsp3) is 0.846. The SMILES string of the molecule is NC(=S)C1CCCCN1C(=O)C1CC2CC2C1. The summed E-state index contributed by atoms with van der Waals surface area (Å²) >= 11 is 5.10. The number of thiocarbonyl (C=S) groups is 1. The zero-order valence-corrected chi connectivity index (χ0v) is 10.9. The van der Waals surface area contributed by atoms with E-state index in [1.165, 1.54) is 6.42 Å². The van der Waals surface area contributed by atoms with Crippen LogP contribution in [0, 0.1) is 17.8 Å². The molecule has 1 heterocycles. The molecule has 0 aromatic heterocycles. The second kappa shape index (κ2) is 4.23. The van der Waals surface area contributed by atoms with E-state index < -0.39 is 0 Å². The van der Waals surface area contributed by atoms with Gasteiger partial charge in [-0.15, -0.1) is 0 Å². The summed E-state index contributed by atoms with van der Waals surface area (Å²) in [5.41, 5.74) is 5.77. The fourth-order valence-electron chi connectivity index (χ4n) is 3.64. The molecule has 3 rings (SSSR count). The molecule has 0 bridgehead atoms. The van der Waals surface area contributed by atoms with E-state index in [1.54, 1.807) is 0 Å². The van der Waals surface area contributed by atoms with Crippen molar-refractivity contribution in [2.24, 2.45) is 23.5 Å². The minimum atomic E-state index is 0.0307. The summed E-state index contributed by atoms with van der Waals surface area (Å²) in [7, 11) is 0. The topological polar surface area (TPSA) is 46.3 Å². The predicted octanol–water partition coefficient (Wildman–Crippen LogP) is 1.70. The molecule has 3 fully saturated rings. The van der Waals surface area contributed by atoms with Gasteiger partial charge in [-0.05, 0) is 50.4 Å². The van der Waals surface area contributed by atoms with E-state index in [0.29, 0.717) is 10.9 Å². The summed E-state index contributed by atoms with van der Waals surface area (Å²) in [4.78, 5) is 15.0. The number of nitrogens with zero attached hydrogens (tertiary/aromatic N) is 1. The Labute approximate surface area is 108 Å². The first-order valence-corrected chi connectivity index (χ1v) is 7.17. The third-order valence-corrected chi connectivity index (χ3v) is 4.98. The zero-order chi connectivity index (χ0) is 12.0. The van der Waals surface area contributed by atoms with Gasteiger partial charge in [0.2, 0.25) is 5.91 Å². The smallest absolute Gasteiger partial charge is 0.226 e. The maximum atomic E-state index is 12.5. The van der Waals surface area contributed by atoms with Gasteiger partial charge in [-0.25, -0.2) is 0 Å². The van der Waals surface area contributed by atoms with Gasteiger partial charge in [0.05, 0.1) is 11.0 Å². The Hall–Kier alpha value is -0.640. The Kier molecular flexibility index (Phi) is 2.85. The summed E-state index contributed by atoms with van der Waals surface area (Å²) < 4.78 is 0. The first-order chi connectivity index (χ1) is 8.16. The fourth-order valence-corrected chi connectivity index (χ4v) is 3.89. The van der Waals surface area contributed by atoms with Gasteiger partial charge in [0.1, 0.15) is 0 Å². The lowest BCUT2D eigenvalue weighted by Gasteiger charge is -2.36. The molecule has 2 aliphatic carbocycles. The van der Waals surface area contributed by atoms with Gasteiger partial charge in [0.15, 0.2) is 0 Å². The predicted molar refractivity (Wildman–Crippen MR) is 70.5 cm³/mol. The summed E-state index contributed by atoms with van der Waals surface area (Å²) in [5.74, 6) is 2.32. The Morgan fingerprint density at radius 2 is 1.88 bits per heavy atom. The molecule has 17 heavy (non-hydrogen) atoms. The van der Waals surface area contributed by atoms with Gasteiger partial charge >= 0.3 is 0 Å². The monoisotopic (exact) mass is 252 g/mol. The molecule has 94 valence electrons. The van der Waals surface area contributed by atoms with Gasteiger partial charge in [-0.2, -0.15) is 0 Å². The van der Waals surface area contributed by atoms with Crippen molar-refractivity contribution in [1.29, 1.82) is 0 Å². The van der Waals surface area contributed by atoms with Gasteiger partial charge in [-0.3, -0.25) is 4.79 Å². The third kappa shape index (κ3) is 2.07. The number of fused-ring (bicyclic) bond motifs is 1. The lowest BCUT2D eigenvalue weighted by Crippen LogP contribution is -2.51. The van der Waals surface area contributed by atoms with E-state index in [-0.39, 0.29) is 12.0 Å². The van der Waals surface area contributed by atoms with Crippen molar-refractivity contribution < 1.29 is 4.79 Å². The molecule has 2 N–H and O–H groups in total. The highest BCUT2D eigenvalue weighted by molar-refractivity contribution is 7.80. The average molecular weight is 252 g/mol. The summed E-state index contributed by atoms with van der Waals surface area (Å²) in [5, 5.41) is 0. The molecule has 1 saturated heterocycles. The van der Waals surface area contributed by atoms with Crippen molar-refractivity contribution in [3.63, 3.8) is 0 Å². The molecule has 3 atom stereocenters. The number of piperidine rings is 1. The van der Waals surface area contributed by atoms with E-state index in [0.717, 1.165) is 50.5 Å². The molecular formula is C13H20N2OS. The van der Waals surface area contributed by atoms with Gasteiger partial charge in [-0.1, -0.05) is 12.2 Å². The van der Waals surface area contributed by atoms with Crippen LogP contribution < -0.4 is 5.73 Å². The lowest BCUT2D eigenvalue weighted by atomic mass is 9.96. The van der Waals surface area contributed by atoms with Crippen LogP contribution in [-0.2, 0) is 4.79 Å². The van der Waals surface area contributed by atoms with Crippen molar-refractivity contribution >= 4 is 23.1 Å². The van der Waals surface area contributed by atoms with E-state index in [2.05, 4.69) is 0 Å². The van der Waals surface area contributed by atoms with Crippen molar-refractivity contribution in [2.45, 2.75) is 44.6 Å². The number of hydrogen-bond acceptors (Lipinski definition) is 2. The molecule has 3 nitrogen and oxygen atoms in total. The van der Waals surface area contributed by atoms with Gasteiger partial charge in [0.25, 0.3) is 0 Å². The molecule has 3 aliphatic rings. The van der Waals surface area contributed by atoms with Gasteiger partial charge in [0, 0.05) is 12.5 Å². The van der Waals surface area contributed by atoms with E-state index in [1.807, 2.05) is 4.90 Å². The number of nitrogens with two attached hydrogens (primary N) is 1. The zero-order valence-electron chi connectivity index (χ0n) is 10.1. The summed E-state index contributed by atoms with van der Waals surface area (Å²) in [6, 6.07) is 0.0307. The molecule has 2 saturated carbocycles. The molecule has 1 aliphatic heterocycles. The van der Waals surface area contributed by atoms with Crippen LogP contribution in [0.15, 0.2) is 0 Å². The normalized spacial score (nSPS) is 39.9. The first-order valence-electron chi connectivity index (χ1n) is 6.76. The van der Waals surface area contributed by atoms with Crippen LogP contribution in [0.25, 0.3) is 0 Å². The Morgan fingerprint density at radius 1 is 1.18 bits per heavy atom.